The molecule has 7 heteroatoms. The van der Waals surface area contributed by atoms with Crippen molar-refractivity contribution < 1.29 is 14.3 Å². The summed E-state index contributed by atoms with van der Waals surface area (Å²) in [5.41, 5.74) is 5.84. The number of rotatable bonds is 5. The summed E-state index contributed by atoms with van der Waals surface area (Å²) < 4.78 is 13.1. The Hall–Kier alpha value is -4.39. The van der Waals surface area contributed by atoms with E-state index in [0.717, 1.165) is 28.2 Å². The average molecular weight is 483 g/mol. The third-order valence-electron chi connectivity index (χ3n) is 6.60. The van der Waals surface area contributed by atoms with Crippen LogP contribution in [0, 0.1) is 0 Å². The fourth-order valence-corrected chi connectivity index (χ4v) is 4.74. The molecule has 4 aromatic rings. The van der Waals surface area contributed by atoms with Crippen LogP contribution in [0.5, 0.6) is 11.5 Å². The van der Waals surface area contributed by atoms with Gasteiger partial charge in [0.05, 0.1) is 38.2 Å². The van der Waals surface area contributed by atoms with Crippen LogP contribution < -0.4 is 19.7 Å². The molecule has 0 radical (unpaired) electrons. The standard InChI is InChI=1S/C29H30N4O3/c1-31(2)22-13-11-20(12-14-22)28-26-10-7-17-32(26)25-9-6-5-8-21(25)19-33(28)29(34)30-24-18-23(35-3)15-16-27(24)36-4/h5-18,28H,19H2,1-4H3,(H,30,34)/t28-/m1/s1. The molecule has 1 aliphatic rings. The van der Waals surface area contributed by atoms with Crippen LogP contribution in [0.25, 0.3) is 5.69 Å². The van der Waals surface area contributed by atoms with E-state index in [-0.39, 0.29) is 12.1 Å². The number of carbonyl (C=O) groups excluding carboxylic acids is 1. The van der Waals surface area contributed by atoms with Crippen molar-refractivity contribution in [2.24, 2.45) is 0 Å². The van der Waals surface area contributed by atoms with Gasteiger partial charge in [-0.3, -0.25) is 0 Å². The largest absolute Gasteiger partial charge is 0.497 e. The van der Waals surface area contributed by atoms with Gasteiger partial charge >= 0.3 is 6.03 Å². The highest BCUT2D eigenvalue weighted by Crippen LogP contribution is 2.38. The van der Waals surface area contributed by atoms with Gasteiger partial charge in [-0.1, -0.05) is 30.3 Å². The van der Waals surface area contributed by atoms with Crippen molar-refractivity contribution in [1.29, 1.82) is 0 Å². The minimum Gasteiger partial charge on any atom is -0.497 e. The van der Waals surface area contributed by atoms with Crippen molar-refractivity contribution in [3.8, 4) is 17.2 Å². The molecule has 5 rings (SSSR count). The lowest BCUT2D eigenvalue weighted by atomic mass is 10.0. The van der Waals surface area contributed by atoms with Gasteiger partial charge in [0.2, 0.25) is 0 Å². The van der Waals surface area contributed by atoms with Crippen LogP contribution in [0.15, 0.2) is 85.1 Å². The summed E-state index contributed by atoms with van der Waals surface area (Å²) in [5, 5.41) is 3.08. The van der Waals surface area contributed by atoms with Gasteiger partial charge in [0.25, 0.3) is 0 Å². The predicted molar refractivity (Wildman–Crippen MR) is 142 cm³/mol. The molecule has 1 atom stereocenters. The molecule has 2 amide bonds. The first-order chi connectivity index (χ1) is 17.5. The Morgan fingerprint density at radius 1 is 0.944 bits per heavy atom. The van der Waals surface area contributed by atoms with Gasteiger partial charge < -0.3 is 29.2 Å². The van der Waals surface area contributed by atoms with Gasteiger partial charge in [-0.15, -0.1) is 0 Å². The van der Waals surface area contributed by atoms with Crippen molar-refractivity contribution in [2.75, 3.05) is 38.5 Å². The number of anilines is 2. The van der Waals surface area contributed by atoms with Gasteiger partial charge in [-0.25, -0.2) is 4.79 Å². The summed E-state index contributed by atoms with van der Waals surface area (Å²) in [4.78, 5) is 17.9. The molecule has 0 saturated heterocycles. The average Bonchev–Trinajstić information content (AvgIpc) is 3.33. The van der Waals surface area contributed by atoms with Crippen LogP contribution in [0.1, 0.15) is 22.9 Å². The molecule has 0 fully saturated rings. The molecule has 1 aromatic heterocycles. The van der Waals surface area contributed by atoms with Gasteiger partial charge in [0, 0.05) is 37.7 Å². The molecule has 1 N–H and O–H groups in total. The minimum absolute atomic E-state index is 0.229. The van der Waals surface area contributed by atoms with E-state index in [1.165, 1.54) is 0 Å². The van der Waals surface area contributed by atoms with Crippen molar-refractivity contribution in [1.82, 2.24) is 9.47 Å². The lowest BCUT2D eigenvalue weighted by Gasteiger charge is -2.31. The molecular weight excluding hydrogens is 452 g/mol. The van der Waals surface area contributed by atoms with Gasteiger partial charge in [0.15, 0.2) is 0 Å². The maximum Gasteiger partial charge on any atom is 0.323 e. The number of benzene rings is 3. The number of carbonyl (C=O) groups is 1. The van der Waals surface area contributed by atoms with Crippen molar-refractivity contribution in [3.63, 3.8) is 0 Å². The normalized spacial score (nSPS) is 14.3. The zero-order chi connectivity index (χ0) is 25.2. The van der Waals surface area contributed by atoms with E-state index in [4.69, 9.17) is 9.47 Å². The fourth-order valence-electron chi connectivity index (χ4n) is 4.74. The van der Waals surface area contributed by atoms with Crippen molar-refractivity contribution >= 4 is 17.4 Å². The SMILES string of the molecule is COc1ccc(OC)c(NC(=O)N2Cc3ccccc3-n3cccc3[C@H]2c2ccc(N(C)C)cc2)c1. The topological polar surface area (TPSA) is 59.0 Å². The number of urea groups is 1. The van der Waals surface area contributed by atoms with E-state index in [2.05, 4.69) is 63.4 Å². The number of methoxy groups -OCH3 is 2. The van der Waals surface area contributed by atoms with Crippen LogP contribution in [-0.2, 0) is 6.54 Å². The maximum atomic E-state index is 14.0. The number of nitrogens with one attached hydrogen (secondary N) is 1. The zero-order valence-electron chi connectivity index (χ0n) is 20.9. The monoisotopic (exact) mass is 482 g/mol. The highest BCUT2D eigenvalue weighted by Gasteiger charge is 2.33. The van der Waals surface area contributed by atoms with Crippen molar-refractivity contribution in [2.45, 2.75) is 12.6 Å². The Morgan fingerprint density at radius 3 is 2.44 bits per heavy atom. The quantitative estimate of drug-likeness (QED) is 0.397. The molecule has 184 valence electrons. The summed E-state index contributed by atoms with van der Waals surface area (Å²) in [5.74, 6) is 1.20. The molecule has 0 spiro atoms. The smallest absolute Gasteiger partial charge is 0.323 e. The molecule has 0 aliphatic carbocycles. The van der Waals surface area contributed by atoms with E-state index in [9.17, 15) is 4.79 Å². The number of fused-ring (bicyclic) bond motifs is 3. The fraction of sp³-hybridized carbons (Fsp3) is 0.207. The Kier molecular flexibility index (Phi) is 6.29. The van der Waals surface area contributed by atoms with Crippen LogP contribution in [-0.4, -0.2) is 43.8 Å². The van der Waals surface area contributed by atoms with E-state index in [1.54, 1.807) is 32.4 Å². The van der Waals surface area contributed by atoms with Crippen LogP contribution in [0.4, 0.5) is 16.2 Å². The number of hydrogen-bond acceptors (Lipinski definition) is 4. The minimum atomic E-state index is -0.305. The van der Waals surface area contributed by atoms with E-state index < -0.39 is 0 Å². The second-order valence-electron chi connectivity index (χ2n) is 8.94. The van der Waals surface area contributed by atoms with E-state index in [0.29, 0.717) is 23.7 Å². The highest BCUT2D eigenvalue weighted by atomic mass is 16.5. The molecule has 1 aliphatic heterocycles. The summed E-state index contributed by atoms with van der Waals surface area (Å²) in [6.45, 7) is 0.441. The second-order valence-corrected chi connectivity index (χ2v) is 8.94. The third kappa shape index (κ3) is 4.24. The summed E-state index contributed by atoms with van der Waals surface area (Å²) in [7, 11) is 7.22. The first kappa shape index (κ1) is 23.4. The predicted octanol–water partition coefficient (Wildman–Crippen LogP) is 5.70. The highest BCUT2D eigenvalue weighted by molar-refractivity contribution is 5.92. The first-order valence-corrected chi connectivity index (χ1v) is 11.8. The van der Waals surface area contributed by atoms with E-state index >= 15 is 0 Å². The first-order valence-electron chi connectivity index (χ1n) is 11.8. The van der Waals surface area contributed by atoms with Gasteiger partial charge in [0.1, 0.15) is 11.5 Å². The Balaban J connectivity index is 1.61. The molecule has 3 aromatic carbocycles. The molecule has 0 unspecified atom stereocenters. The molecule has 7 nitrogen and oxygen atoms in total. The number of ether oxygens (including phenoxy) is 2. The number of amides is 2. The number of nitrogens with zero attached hydrogens (tertiary/aromatic N) is 3. The van der Waals surface area contributed by atoms with Crippen LogP contribution in [0.2, 0.25) is 0 Å². The second kappa shape index (κ2) is 9.70. The molecule has 36 heavy (non-hydrogen) atoms. The number of hydrogen-bond donors (Lipinski definition) is 1. The Morgan fingerprint density at radius 2 is 1.72 bits per heavy atom. The number of para-hydroxylation sites is 1. The van der Waals surface area contributed by atoms with Crippen LogP contribution >= 0.6 is 0 Å². The lowest BCUT2D eigenvalue weighted by molar-refractivity contribution is 0.194. The molecule has 0 saturated carbocycles. The molecule has 0 bridgehead atoms. The maximum absolute atomic E-state index is 14.0. The van der Waals surface area contributed by atoms with Crippen molar-refractivity contribution in [3.05, 3.63) is 102 Å². The lowest BCUT2D eigenvalue weighted by Crippen LogP contribution is -2.38. The molecule has 2 heterocycles. The molecular formula is C29H30N4O3. The van der Waals surface area contributed by atoms with Crippen LogP contribution in [0.3, 0.4) is 0 Å². The third-order valence-corrected chi connectivity index (χ3v) is 6.60. The Labute approximate surface area is 211 Å². The van der Waals surface area contributed by atoms with Gasteiger partial charge in [-0.05, 0) is 53.6 Å². The van der Waals surface area contributed by atoms with E-state index in [1.807, 2.05) is 37.2 Å². The zero-order valence-corrected chi connectivity index (χ0v) is 20.9. The number of aromatic nitrogens is 1. The summed E-state index contributed by atoms with van der Waals surface area (Å²) in [6.07, 6.45) is 2.06. The summed E-state index contributed by atoms with van der Waals surface area (Å²) in [6, 6.07) is 25.5. The van der Waals surface area contributed by atoms with Gasteiger partial charge in [-0.2, -0.15) is 0 Å². The summed E-state index contributed by atoms with van der Waals surface area (Å²) >= 11 is 0. The Bertz CT molecular complexity index is 1380.